The van der Waals surface area contributed by atoms with Gasteiger partial charge in [-0.25, -0.2) is 14.4 Å². The van der Waals surface area contributed by atoms with Gasteiger partial charge in [-0.15, -0.1) is 5.01 Å². The van der Waals surface area contributed by atoms with Gasteiger partial charge in [0.25, 0.3) is 0 Å². The number of hydrazine groups is 1. The molecular formula is C25H32N2O6. The van der Waals surface area contributed by atoms with Gasteiger partial charge in [0.2, 0.25) is 0 Å². The summed E-state index contributed by atoms with van der Waals surface area (Å²) in [4.78, 5) is 39.4. The van der Waals surface area contributed by atoms with Crippen molar-refractivity contribution in [3.63, 3.8) is 0 Å². The van der Waals surface area contributed by atoms with E-state index in [1.54, 1.807) is 90.1 Å². The summed E-state index contributed by atoms with van der Waals surface area (Å²) in [5.41, 5.74) is 0.0695. The van der Waals surface area contributed by atoms with Gasteiger partial charge in [-0.2, -0.15) is 5.01 Å². The van der Waals surface area contributed by atoms with Gasteiger partial charge >= 0.3 is 18.3 Å². The highest BCUT2D eigenvalue weighted by Gasteiger charge is 2.40. The van der Waals surface area contributed by atoms with Crippen molar-refractivity contribution in [3.8, 4) is 0 Å². The molecule has 0 spiro atoms. The number of aryl methyl sites for hydroxylation is 1. The second-order valence-electron chi connectivity index (χ2n) is 9.46. The van der Waals surface area contributed by atoms with Crippen LogP contribution in [0.2, 0.25) is 0 Å². The highest BCUT2D eigenvalue weighted by molar-refractivity contribution is 5.99. The zero-order valence-electron chi connectivity index (χ0n) is 20.2. The Balaban J connectivity index is 2.47. The second kappa shape index (κ2) is 10.4. The van der Waals surface area contributed by atoms with Crippen LogP contribution in [0.15, 0.2) is 54.6 Å². The summed E-state index contributed by atoms with van der Waals surface area (Å²) in [5.74, 6) is 0. The van der Waals surface area contributed by atoms with Crippen LogP contribution in [-0.2, 0) is 20.8 Å². The Morgan fingerprint density at radius 3 is 1.76 bits per heavy atom. The Morgan fingerprint density at radius 2 is 1.24 bits per heavy atom. The minimum atomic E-state index is -1.08. The van der Waals surface area contributed by atoms with Crippen molar-refractivity contribution in [1.82, 2.24) is 5.01 Å². The molecule has 0 saturated carbocycles. The topological polar surface area (TPSA) is 85.4 Å². The lowest BCUT2D eigenvalue weighted by Crippen LogP contribution is -2.55. The van der Waals surface area contributed by atoms with Crippen molar-refractivity contribution in [2.75, 3.05) is 5.01 Å². The predicted octanol–water partition coefficient (Wildman–Crippen LogP) is 6.23. The molecule has 0 aromatic heterocycles. The molecule has 33 heavy (non-hydrogen) atoms. The normalized spacial score (nSPS) is 11.4. The molecule has 0 N–H and O–H groups in total. The molecule has 0 saturated heterocycles. The first kappa shape index (κ1) is 25.7. The third kappa shape index (κ3) is 8.14. The number of anilines is 1. The number of carbonyl (C=O) groups is 3. The quantitative estimate of drug-likeness (QED) is 0.402. The highest BCUT2D eigenvalue weighted by Crippen LogP contribution is 2.24. The first-order valence-corrected chi connectivity index (χ1v) is 10.6. The van der Waals surface area contributed by atoms with Gasteiger partial charge in [0.1, 0.15) is 17.8 Å². The molecule has 3 amide bonds. The van der Waals surface area contributed by atoms with Crippen molar-refractivity contribution < 1.29 is 28.6 Å². The van der Waals surface area contributed by atoms with Crippen LogP contribution in [0.1, 0.15) is 52.7 Å². The Labute approximate surface area is 195 Å². The lowest BCUT2D eigenvalue weighted by molar-refractivity contribution is 0.00993. The highest BCUT2D eigenvalue weighted by atomic mass is 16.6. The Kier molecular flexibility index (Phi) is 8.08. The van der Waals surface area contributed by atoms with Crippen LogP contribution >= 0.6 is 0 Å². The van der Waals surface area contributed by atoms with Gasteiger partial charge in [-0.1, -0.05) is 48.0 Å². The minimum Gasteiger partial charge on any atom is -0.443 e. The third-order valence-corrected chi connectivity index (χ3v) is 3.99. The molecule has 0 unspecified atom stereocenters. The van der Waals surface area contributed by atoms with E-state index in [0.717, 1.165) is 10.6 Å². The van der Waals surface area contributed by atoms with Gasteiger partial charge in [-0.3, -0.25) is 0 Å². The van der Waals surface area contributed by atoms with Crippen LogP contribution in [0.4, 0.5) is 20.1 Å². The largest absolute Gasteiger partial charge is 0.443 e. The van der Waals surface area contributed by atoms with Crippen LogP contribution < -0.4 is 5.01 Å². The fourth-order valence-electron chi connectivity index (χ4n) is 2.62. The maximum atomic E-state index is 13.2. The molecule has 0 heterocycles. The lowest BCUT2D eigenvalue weighted by atomic mass is 10.2. The zero-order valence-corrected chi connectivity index (χ0v) is 20.2. The standard InChI is InChI=1S/C25H32N2O6/c1-18-13-15-20(16-14-18)26(22(29)32-24(2,3)4)27(23(30)33-25(5,6)7)21(28)31-17-19-11-9-8-10-12-19/h8-16H,17H2,1-7H3. The van der Waals surface area contributed by atoms with Crippen molar-refractivity contribution in [2.45, 2.75) is 66.3 Å². The summed E-state index contributed by atoms with van der Waals surface area (Å²) >= 11 is 0. The molecule has 0 bridgehead atoms. The molecule has 0 atom stereocenters. The molecule has 0 aliphatic carbocycles. The number of hydrogen-bond donors (Lipinski definition) is 0. The number of imide groups is 1. The van der Waals surface area contributed by atoms with Crippen LogP contribution in [0.3, 0.4) is 0 Å². The SMILES string of the molecule is Cc1ccc(N(C(=O)OC(C)(C)C)N(C(=O)OCc2ccccc2)C(=O)OC(C)(C)C)cc1. The van der Waals surface area contributed by atoms with E-state index in [4.69, 9.17) is 14.2 Å². The fourth-order valence-corrected chi connectivity index (χ4v) is 2.62. The molecule has 0 fully saturated rings. The number of nitrogens with zero attached hydrogens (tertiary/aromatic N) is 2. The number of carbonyl (C=O) groups excluding carboxylic acids is 3. The minimum absolute atomic E-state index is 0.102. The maximum Gasteiger partial charge on any atom is 0.440 e. The average Bonchev–Trinajstić information content (AvgIpc) is 2.69. The monoisotopic (exact) mass is 456 g/mol. The number of amides is 3. The number of ether oxygens (including phenoxy) is 3. The number of rotatable bonds is 3. The van der Waals surface area contributed by atoms with E-state index in [1.165, 1.54) is 0 Å². The average molecular weight is 457 g/mol. The predicted molar refractivity (Wildman–Crippen MR) is 125 cm³/mol. The summed E-state index contributed by atoms with van der Waals surface area (Å²) in [5, 5.41) is 1.35. The van der Waals surface area contributed by atoms with Crippen LogP contribution in [0.5, 0.6) is 0 Å². The Morgan fingerprint density at radius 1 is 0.727 bits per heavy atom. The van der Waals surface area contributed by atoms with Gasteiger partial charge in [-0.05, 0) is 66.2 Å². The smallest absolute Gasteiger partial charge is 0.440 e. The van der Waals surface area contributed by atoms with E-state index < -0.39 is 29.5 Å². The van der Waals surface area contributed by atoms with E-state index in [0.29, 0.717) is 10.6 Å². The van der Waals surface area contributed by atoms with E-state index in [-0.39, 0.29) is 12.3 Å². The van der Waals surface area contributed by atoms with E-state index in [1.807, 2.05) is 13.0 Å². The third-order valence-electron chi connectivity index (χ3n) is 3.99. The lowest BCUT2D eigenvalue weighted by Gasteiger charge is -2.34. The van der Waals surface area contributed by atoms with Gasteiger partial charge in [0.05, 0.1) is 5.69 Å². The summed E-state index contributed by atoms with van der Waals surface area (Å²) in [7, 11) is 0. The maximum absolute atomic E-state index is 13.2. The summed E-state index contributed by atoms with van der Waals surface area (Å²) in [6.07, 6.45) is -3.10. The molecule has 2 aromatic carbocycles. The molecule has 0 aliphatic heterocycles. The first-order chi connectivity index (χ1) is 15.3. The fraction of sp³-hybridized carbons (Fsp3) is 0.400. The van der Waals surface area contributed by atoms with Gasteiger partial charge in [0, 0.05) is 0 Å². The Bertz CT molecular complexity index is 959. The van der Waals surface area contributed by atoms with Gasteiger partial charge in [0.15, 0.2) is 0 Å². The molecule has 0 radical (unpaired) electrons. The molecule has 0 aliphatic rings. The van der Waals surface area contributed by atoms with Crippen LogP contribution in [0, 0.1) is 6.92 Å². The molecule has 2 aromatic rings. The Hall–Kier alpha value is -3.55. The van der Waals surface area contributed by atoms with Gasteiger partial charge < -0.3 is 14.2 Å². The second-order valence-corrected chi connectivity index (χ2v) is 9.46. The molecule has 8 nitrogen and oxygen atoms in total. The van der Waals surface area contributed by atoms with Crippen molar-refractivity contribution in [3.05, 3.63) is 65.7 Å². The van der Waals surface area contributed by atoms with Crippen molar-refractivity contribution in [2.24, 2.45) is 0 Å². The van der Waals surface area contributed by atoms with Crippen molar-refractivity contribution in [1.29, 1.82) is 0 Å². The van der Waals surface area contributed by atoms with E-state index >= 15 is 0 Å². The first-order valence-electron chi connectivity index (χ1n) is 10.6. The molecule has 8 heteroatoms. The summed E-state index contributed by atoms with van der Waals surface area (Å²) < 4.78 is 16.3. The summed E-state index contributed by atoms with van der Waals surface area (Å²) in [6, 6.07) is 15.7. The molecule has 2 rings (SSSR count). The van der Waals surface area contributed by atoms with Crippen LogP contribution in [-0.4, -0.2) is 34.5 Å². The van der Waals surface area contributed by atoms with Crippen molar-refractivity contribution >= 4 is 24.0 Å². The van der Waals surface area contributed by atoms with E-state index in [9.17, 15) is 14.4 Å². The zero-order chi connectivity index (χ0) is 24.8. The number of benzene rings is 2. The number of hydrogen-bond acceptors (Lipinski definition) is 6. The molecular weight excluding hydrogens is 424 g/mol. The summed E-state index contributed by atoms with van der Waals surface area (Å²) in [6.45, 7) is 11.8. The van der Waals surface area contributed by atoms with E-state index in [2.05, 4.69) is 0 Å². The molecule has 178 valence electrons. The van der Waals surface area contributed by atoms with Crippen LogP contribution in [0.25, 0.3) is 0 Å².